The zero-order valence-electron chi connectivity index (χ0n) is 18.9. The summed E-state index contributed by atoms with van der Waals surface area (Å²) in [5, 5.41) is 6.49. The van der Waals surface area contributed by atoms with Crippen molar-refractivity contribution in [3.63, 3.8) is 0 Å². The molecule has 3 aromatic rings. The molecule has 8 nitrogen and oxygen atoms in total. The highest BCUT2D eigenvalue weighted by Gasteiger charge is 2.33. The van der Waals surface area contributed by atoms with Crippen LogP contribution in [0.2, 0.25) is 5.02 Å². The number of aliphatic imine (C=N–C) groups is 1. The number of carbonyl (C=O) groups excluding carboxylic acids is 2. The van der Waals surface area contributed by atoms with Crippen molar-refractivity contribution < 1.29 is 18.7 Å². The number of pyridine rings is 1. The minimum Gasteiger partial charge on any atom is -0.439 e. The Labute approximate surface area is 206 Å². The average Bonchev–Trinajstić information content (AvgIpc) is 2.85. The first-order valence-electron chi connectivity index (χ1n) is 11.0. The molecule has 180 valence electrons. The average molecular weight is 496 g/mol. The van der Waals surface area contributed by atoms with Gasteiger partial charge in [-0.3, -0.25) is 14.5 Å². The molecule has 0 bridgehead atoms. The van der Waals surface area contributed by atoms with E-state index in [0.717, 1.165) is 5.56 Å². The summed E-state index contributed by atoms with van der Waals surface area (Å²) in [6.45, 7) is 2.09. The van der Waals surface area contributed by atoms with Crippen molar-refractivity contribution in [3.05, 3.63) is 83.3 Å². The predicted molar refractivity (Wildman–Crippen MR) is 131 cm³/mol. The molecule has 10 heteroatoms. The molecular weight excluding hydrogens is 473 g/mol. The highest BCUT2D eigenvalue weighted by Crippen LogP contribution is 2.23. The fourth-order valence-electron chi connectivity index (χ4n) is 3.37. The molecular formula is C25H23ClFN5O3. The van der Waals surface area contributed by atoms with E-state index in [2.05, 4.69) is 20.6 Å². The van der Waals surface area contributed by atoms with Gasteiger partial charge in [0.2, 0.25) is 23.7 Å². The first kappa shape index (κ1) is 24.2. The van der Waals surface area contributed by atoms with Crippen molar-refractivity contribution in [2.75, 3.05) is 11.9 Å². The van der Waals surface area contributed by atoms with Gasteiger partial charge in [0.05, 0.1) is 13.1 Å². The predicted octanol–water partition coefficient (Wildman–Crippen LogP) is 4.37. The lowest BCUT2D eigenvalue weighted by atomic mass is 10.1. The smallest absolute Gasteiger partial charge is 0.254 e. The maximum atomic E-state index is 13.3. The minimum absolute atomic E-state index is 0.121. The van der Waals surface area contributed by atoms with Gasteiger partial charge in [-0.05, 0) is 48.0 Å². The van der Waals surface area contributed by atoms with E-state index in [9.17, 15) is 14.0 Å². The van der Waals surface area contributed by atoms with Crippen LogP contribution >= 0.6 is 11.6 Å². The highest BCUT2D eigenvalue weighted by atomic mass is 35.5. The molecule has 2 heterocycles. The first-order chi connectivity index (χ1) is 16.9. The molecule has 0 radical (unpaired) electrons. The van der Waals surface area contributed by atoms with Crippen molar-refractivity contribution in [1.82, 2.24) is 15.2 Å². The molecule has 0 saturated heterocycles. The van der Waals surface area contributed by atoms with Crippen LogP contribution in [0.3, 0.4) is 0 Å². The summed E-state index contributed by atoms with van der Waals surface area (Å²) in [7, 11) is 0. The van der Waals surface area contributed by atoms with Gasteiger partial charge in [0.25, 0.3) is 5.91 Å². The van der Waals surface area contributed by atoms with Crippen LogP contribution in [-0.2, 0) is 16.1 Å². The zero-order chi connectivity index (χ0) is 24.8. The number of aromatic nitrogens is 1. The van der Waals surface area contributed by atoms with E-state index in [1.165, 1.54) is 17.0 Å². The number of rotatable bonds is 7. The quantitative estimate of drug-likeness (QED) is 0.474. The molecule has 1 aromatic heterocycles. The monoisotopic (exact) mass is 495 g/mol. The Balaban J connectivity index is 1.51. The zero-order valence-corrected chi connectivity index (χ0v) is 19.6. The number of guanidine groups is 1. The molecule has 2 amide bonds. The number of benzene rings is 2. The maximum Gasteiger partial charge on any atom is 0.254 e. The standard InChI is InChI=1S/C25H23ClFN5O3/c1-2-22(33)30-20-14-28-25(32(24(20)34)15-16-6-8-17(26)9-7-16)29-18-10-12-19(13-11-18)35-23-5-3-4-21(27)31-23/h3-13,20H,2,14-15H2,1H3,(H,28,29)(H,30,33). The van der Waals surface area contributed by atoms with E-state index in [1.807, 2.05) is 12.1 Å². The van der Waals surface area contributed by atoms with Crippen LogP contribution in [0.15, 0.2) is 71.7 Å². The van der Waals surface area contributed by atoms with Gasteiger partial charge in [0.15, 0.2) is 0 Å². The molecule has 0 spiro atoms. The number of nitrogens with one attached hydrogen (secondary N) is 2. The van der Waals surface area contributed by atoms with Crippen LogP contribution in [0, 0.1) is 5.95 Å². The number of hydrogen-bond acceptors (Lipinski definition) is 6. The topological polar surface area (TPSA) is 95.9 Å². The van der Waals surface area contributed by atoms with E-state index < -0.39 is 12.0 Å². The second kappa shape index (κ2) is 11.0. The fraction of sp³-hybridized carbons (Fsp3) is 0.200. The molecule has 1 atom stereocenters. The Morgan fingerprint density at radius 3 is 2.57 bits per heavy atom. The molecule has 0 fully saturated rings. The molecule has 1 aliphatic rings. The molecule has 4 rings (SSSR count). The Hall–Kier alpha value is -3.98. The minimum atomic E-state index is -0.741. The van der Waals surface area contributed by atoms with Crippen molar-refractivity contribution >= 4 is 35.1 Å². The SMILES string of the molecule is CCC(=O)NC1CN=C(Nc2ccc(Oc3cccc(F)n3)cc2)N(Cc2ccc(Cl)cc2)C1=O. The summed E-state index contributed by atoms with van der Waals surface area (Å²) < 4.78 is 18.8. The second-order valence-corrected chi connectivity index (χ2v) is 8.18. The van der Waals surface area contributed by atoms with E-state index in [0.29, 0.717) is 22.4 Å². The van der Waals surface area contributed by atoms with Gasteiger partial charge < -0.3 is 15.4 Å². The second-order valence-electron chi connectivity index (χ2n) is 7.74. The molecule has 2 aromatic carbocycles. The van der Waals surface area contributed by atoms with Crippen molar-refractivity contribution in [3.8, 4) is 11.6 Å². The van der Waals surface area contributed by atoms with Gasteiger partial charge >= 0.3 is 0 Å². The molecule has 0 saturated carbocycles. The van der Waals surface area contributed by atoms with Crippen LogP contribution in [-0.4, -0.2) is 40.2 Å². The fourth-order valence-corrected chi connectivity index (χ4v) is 3.50. The summed E-state index contributed by atoms with van der Waals surface area (Å²) in [6, 6.07) is 17.6. The lowest BCUT2D eigenvalue weighted by Gasteiger charge is -2.32. The third-order valence-corrected chi connectivity index (χ3v) is 5.43. The van der Waals surface area contributed by atoms with Crippen LogP contribution in [0.25, 0.3) is 0 Å². The Kier molecular flexibility index (Phi) is 7.57. The van der Waals surface area contributed by atoms with Gasteiger partial charge in [-0.15, -0.1) is 0 Å². The van der Waals surface area contributed by atoms with Gasteiger partial charge in [-0.2, -0.15) is 9.37 Å². The van der Waals surface area contributed by atoms with Crippen molar-refractivity contribution in [2.24, 2.45) is 4.99 Å². The first-order valence-corrected chi connectivity index (χ1v) is 11.4. The van der Waals surface area contributed by atoms with Gasteiger partial charge in [0.1, 0.15) is 11.8 Å². The third-order valence-electron chi connectivity index (χ3n) is 5.18. The molecule has 1 aliphatic heterocycles. The number of nitrogens with zero attached hydrogens (tertiary/aromatic N) is 3. The largest absolute Gasteiger partial charge is 0.439 e. The summed E-state index contributed by atoms with van der Waals surface area (Å²) in [5.41, 5.74) is 1.51. The summed E-state index contributed by atoms with van der Waals surface area (Å²) in [5.74, 6) is -0.151. The van der Waals surface area contributed by atoms with Crippen LogP contribution in [0.1, 0.15) is 18.9 Å². The number of carbonyl (C=O) groups is 2. The van der Waals surface area contributed by atoms with Crippen LogP contribution in [0.4, 0.5) is 10.1 Å². The molecule has 35 heavy (non-hydrogen) atoms. The van der Waals surface area contributed by atoms with E-state index in [-0.39, 0.29) is 37.2 Å². The number of halogens is 2. The lowest BCUT2D eigenvalue weighted by molar-refractivity contribution is -0.133. The number of ether oxygens (including phenoxy) is 1. The number of anilines is 1. The van der Waals surface area contributed by atoms with Gasteiger partial charge in [0, 0.05) is 23.2 Å². The molecule has 0 aliphatic carbocycles. The van der Waals surface area contributed by atoms with Gasteiger partial charge in [-0.1, -0.05) is 36.7 Å². The van der Waals surface area contributed by atoms with Crippen molar-refractivity contribution in [1.29, 1.82) is 0 Å². The van der Waals surface area contributed by atoms with Crippen LogP contribution in [0.5, 0.6) is 11.6 Å². The summed E-state index contributed by atoms with van der Waals surface area (Å²) in [6.07, 6.45) is 0.273. The lowest BCUT2D eigenvalue weighted by Crippen LogP contribution is -2.56. The van der Waals surface area contributed by atoms with Crippen molar-refractivity contribution in [2.45, 2.75) is 25.9 Å². The van der Waals surface area contributed by atoms with Gasteiger partial charge in [-0.25, -0.2) is 4.99 Å². The summed E-state index contributed by atoms with van der Waals surface area (Å²) in [4.78, 5) is 34.8. The normalized spacial score (nSPS) is 15.4. The van der Waals surface area contributed by atoms with E-state index >= 15 is 0 Å². The summed E-state index contributed by atoms with van der Waals surface area (Å²) >= 11 is 5.99. The van der Waals surface area contributed by atoms with E-state index in [1.54, 1.807) is 49.4 Å². The third kappa shape index (κ3) is 6.33. The van der Waals surface area contributed by atoms with Crippen LogP contribution < -0.4 is 15.4 Å². The highest BCUT2D eigenvalue weighted by molar-refractivity contribution is 6.30. The molecule has 1 unspecified atom stereocenters. The Morgan fingerprint density at radius 2 is 1.89 bits per heavy atom. The Morgan fingerprint density at radius 1 is 1.14 bits per heavy atom. The Bertz CT molecular complexity index is 1230. The maximum absolute atomic E-state index is 13.3. The number of amides is 2. The van der Waals surface area contributed by atoms with E-state index in [4.69, 9.17) is 16.3 Å². The number of hydrogen-bond donors (Lipinski definition) is 2. The molecule has 2 N–H and O–H groups in total.